The van der Waals surface area contributed by atoms with Gasteiger partial charge in [-0.2, -0.15) is 5.10 Å². The van der Waals surface area contributed by atoms with E-state index in [0.29, 0.717) is 6.54 Å². The van der Waals surface area contributed by atoms with Gasteiger partial charge in [0.1, 0.15) is 5.75 Å². The lowest BCUT2D eigenvalue weighted by Crippen LogP contribution is -1.97. The van der Waals surface area contributed by atoms with E-state index in [4.69, 9.17) is 15.6 Å². The number of nitrogens with two attached hydrogens (primary N) is 1. The molecule has 4 nitrogen and oxygen atoms in total. The third kappa shape index (κ3) is 3.43. The van der Waals surface area contributed by atoms with Crippen LogP contribution in [0.5, 0.6) is 5.75 Å². The van der Waals surface area contributed by atoms with Crippen LogP contribution < -0.4 is 10.5 Å². The molecule has 0 fully saturated rings. The van der Waals surface area contributed by atoms with Gasteiger partial charge in [0.15, 0.2) is 0 Å². The first kappa shape index (κ1) is 15.3. The standard InChI is InChI=1S/C19H21N3O/c1-2-12-23-18-10-8-15(9-11-18)19-16(13-20)14-22(21-19)17-6-4-3-5-7-17/h3-11,14H,2,12-13,20H2,1H3. The molecule has 118 valence electrons. The molecule has 0 aliphatic heterocycles. The predicted octanol–water partition coefficient (Wildman–Crippen LogP) is 3.79. The molecule has 0 aliphatic carbocycles. The summed E-state index contributed by atoms with van der Waals surface area (Å²) in [6.45, 7) is 3.28. The molecule has 23 heavy (non-hydrogen) atoms. The summed E-state index contributed by atoms with van der Waals surface area (Å²) in [5.74, 6) is 0.882. The summed E-state index contributed by atoms with van der Waals surface area (Å²) in [6.07, 6.45) is 2.99. The van der Waals surface area contributed by atoms with E-state index in [1.807, 2.05) is 65.5 Å². The van der Waals surface area contributed by atoms with Crippen LogP contribution in [0.15, 0.2) is 60.8 Å². The van der Waals surface area contributed by atoms with Gasteiger partial charge in [-0.3, -0.25) is 0 Å². The van der Waals surface area contributed by atoms with Crippen LogP contribution in [-0.4, -0.2) is 16.4 Å². The molecule has 0 amide bonds. The van der Waals surface area contributed by atoms with Crippen molar-refractivity contribution in [2.75, 3.05) is 6.61 Å². The molecule has 3 aromatic rings. The smallest absolute Gasteiger partial charge is 0.119 e. The zero-order valence-corrected chi connectivity index (χ0v) is 13.3. The molecule has 0 unspecified atom stereocenters. The van der Waals surface area contributed by atoms with Crippen molar-refractivity contribution in [1.82, 2.24) is 9.78 Å². The highest BCUT2D eigenvalue weighted by molar-refractivity contribution is 5.64. The van der Waals surface area contributed by atoms with E-state index in [1.54, 1.807) is 0 Å². The zero-order valence-electron chi connectivity index (χ0n) is 13.3. The van der Waals surface area contributed by atoms with Gasteiger partial charge in [0, 0.05) is 23.9 Å². The number of hydrogen-bond donors (Lipinski definition) is 1. The summed E-state index contributed by atoms with van der Waals surface area (Å²) >= 11 is 0. The molecule has 0 saturated heterocycles. The average Bonchev–Trinajstić information content (AvgIpc) is 3.05. The minimum Gasteiger partial charge on any atom is -0.494 e. The highest BCUT2D eigenvalue weighted by Gasteiger charge is 2.11. The van der Waals surface area contributed by atoms with Gasteiger partial charge in [0.2, 0.25) is 0 Å². The van der Waals surface area contributed by atoms with Crippen molar-refractivity contribution in [3.8, 4) is 22.7 Å². The third-order valence-corrected chi connectivity index (χ3v) is 3.63. The number of nitrogens with zero attached hydrogens (tertiary/aromatic N) is 2. The maximum Gasteiger partial charge on any atom is 0.119 e. The molecule has 0 spiro atoms. The van der Waals surface area contributed by atoms with E-state index in [2.05, 4.69) is 6.92 Å². The van der Waals surface area contributed by atoms with Crippen LogP contribution in [0.2, 0.25) is 0 Å². The van der Waals surface area contributed by atoms with E-state index in [1.165, 1.54) is 0 Å². The van der Waals surface area contributed by atoms with E-state index in [0.717, 1.165) is 41.3 Å². The number of benzene rings is 2. The molecule has 2 aromatic carbocycles. The van der Waals surface area contributed by atoms with E-state index >= 15 is 0 Å². The maximum absolute atomic E-state index is 5.90. The molecule has 0 saturated carbocycles. The van der Waals surface area contributed by atoms with E-state index in [-0.39, 0.29) is 0 Å². The van der Waals surface area contributed by atoms with Crippen molar-refractivity contribution >= 4 is 0 Å². The molecule has 0 aliphatic rings. The Labute approximate surface area is 136 Å². The Morgan fingerprint density at radius 1 is 1.04 bits per heavy atom. The summed E-state index contributed by atoms with van der Waals surface area (Å²) in [5.41, 5.74) is 9.91. The Kier molecular flexibility index (Phi) is 4.74. The second kappa shape index (κ2) is 7.11. The van der Waals surface area contributed by atoms with Crippen molar-refractivity contribution in [1.29, 1.82) is 0 Å². The van der Waals surface area contributed by atoms with Crippen LogP contribution in [0.1, 0.15) is 18.9 Å². The van der Waals surface area contributed by atoms with Gasteiger partial charge in [0.05, 0.1) is 18.0 Å². The van der Waals surface area contributed by atoms with Crippen LogP contribution in [-0.2, 0) is 6.54 Å². The Morgan fingerprint density at radius 3 is 2.43 bits per heavy atom. The van der Waals surface area contributed by atoms with Gasteiger partial charge in [-0.1, -0.05) is 25.1 Å². The summed E-state index contributed by atoms with van der Waals surface area (Å²) in [4.78, 5) is 0. The van der Waals surface area contributed by atoms with Crippen LogP contribution in [0.3, 0.4) is 0 Å². The molecule has 1 aromatic heterocycles. The first-order valence-electron chi connectivity index (χ1n) is 7.89. The normalized spacial score (nSPS) is 10.7. The third-order valence-electron chi connectivity index (χ3n) is 3.63. The van der Waals surface area contributed by atoms with Gasteiger partial charge in [-0.15, -0.1) is 0 Å². The molecule has 0 atom stereocenters. The minimum atomic E-state index is 0.455. The molecule has 4 heteroatoms. The number of para-hydroxylation sites is 1. The SMILES string of the molecule is CCCOc1ccc(-c2nn(-c3ccccc3)cc2CN)cc1. The van der Waals surface area contributed by atoms with E-state index < -0.39 is 0 Å². The van der Waals surface area contributed by atoms with Crippen molar-refractivity contribution < 1.29 is 4.74 Å². The summed E-state index contributed by atoms with van der Waals surface area (Å²) < 4.78 is 7.50. The lowest BCUT2D eigenvalue weighted by atomic mass is 10.1. The largest absolute Gasteiger partial charge is 0.494 e. The van der Waals surface area contributed by atoms with Crippen LogP contribution in [0.4, 0.5) is 0 Å². The summed E-state index contributed by atoms with van der Waals surface area (Å²) in [6, 6.07) is 18.1. The average molecular weight is 307 g/mol. The number of ether oxygens (including phenoxy) is 1. The lowest BCUT2D eigenvalue weighted by molar-refractivity contribution is 0.317. The monoisotopic (exact) mass is 307 g/mol. The summed E-state index contributed by atoms with van der Waals surface area (Å²) in [5, 5.41) is 4.71. The molecule has 2 N–H and O–H groups in total. The first-order chi connectivity index (χ1) is 11.3. The van der Waals surface area contributed by atoms with Gasteiger partial charge >= 0.3 is 0 Å². The fourth-order valence-electron chi connectivity index (χ4n) is 2.44. The number of aromatic nitrogens is 2. The molecule has 0 bridgehead atoms. The van der Waals surface area contributed by atoms with Crippen molar-refractivity contribution in [2.24, 2.45) is 5.73 Å². The topological polar surface area (TPSA) is 53.1 Å². The van der Waals surface area contributed by atoms with Crippen LogP contribution in [0, 0.1) is 0 Å². The minimum absolute atomic E-state index is 0.455. The zero-order chi connectivity index (χ0) is 16.1. The van der Waals surface area contributed by atoms with Crippen molar-refractivity contribution in [3.63, 3.8) is 0 Å². The van der Waals surface area contributed by atoms with E-state index in [9.17, 15) is 0 Å². The van der Waals surface area contributed by atoms with Gasteiger partial charge in [-0.05, 0) is 42.8 Å². The lowest BCUT2D eigenvalue weighted by Gasteiger charge is -2.05. The molecule has 0 radical (unpaired) electrons. The van der Waals surface area contributed by atoms with Crippen molar-refractivity contribution in [3.05, 3.63) is 66.4 Å². The molecular formula is C19H21N3O. The van der Waals surface area contributed by atoms with Gasteiger partial charge in [-0.25, -0.2) is 4.68 Å². The number of hydrogen-bond acceptors (Lipinski definition) is 3. The second-order valence-corrected chi connectivity index (χ2v) is 5.36. The Hall–Kier alpha value is -2.59. The van der Waals surface area contributed by atoms with Crippen LogP contribution in [0.25, 0.3) is 16.9 Å². The molecule has 3 rings (SSSR count). The Balaban J connectivity index is 1.91. The molecular weight excluding hydrogens is 286 g/mol. The predicted molar refractivity (Wildman–Crippen MR) is 92.7 cm³/mol. The fourth-order valence-corrected chi connectivity index (χ4v) is 2.44. The first-order valence-corrected chi connectivity index (χ1v) is 7.89. The fraction of sp³-hybridized carbons (Fsp3) is 0.211. The van der Waals surface area contributed by atoms with Gasteiger partial charge < -0.3 is 10.5 Å². The second-order valence-electron chi connectivity index (χ2n) is 5.36. The van der Waals surface area contributed by atoms with Crippen molar-refractivity contribution in [2.45, 2.75) is 19.9 Å². The summed E-state index contributed by atoms with van der Waals surface area (Å²) in [7, 11) is 0. The maximum atomic E-state index is 5.90. The highest BCUT2D eigenvalue weighted by atomic mass is 16.5. The Morgan fingerprint density at radius 2 is 1.78 bits per heavy atom. The number of rotatable bonds is 6. The quantitative estimate of drug-likeness (QED) is 0.754. The Bertz CT molecular complexity index is 748. The van der Waals surface area contributed by atoms with Gasteiger partial charge in [0.25, 0.3) is 0 Å². The highest BCUT2D eigenvalue weighted by Crippen LogP contribution is 2.25. The van der Waals surface area contributed by atoms with Crippen LogP contribution >= 0.6 is 0 Å². The molecule has 1 heterocycles.